The summed E-state index contributed by atoms with van der Waals surface area (Å²) in [5.74, 6) is 0. The Balaban J connectivity index is 2.86. The lowest BCUT2D eigenvalue weighted by Crippen LogP contribution is -1.83. The summed E-state index contributed by atoms with van der Waals surface area (Å²) in [5.41, 5.74) is 6.27. The summed E-state index contributed by atoms with van der Waals surface area (Å²) in [6, 6.07) is 5.83. The van der Waals surface area contributed by atoms with Gasteiger partial charge in [-0.2, -0.15) is 0 Å². The van der Waals surface area contributed by atoms with Gasteiger partial charge >= 0.3 is 0 Å². The molecule has 0 saturated carbocycles. The van der Waals surface area contributed by atoms with Gasteiger partial charge in [-0.3, -0.25) is 0 Å². The molecule has 0 unspecified atom stereocenters. The van der Waals surface area contributed by atoms with Gasteiger partial charge in [0, 0.05) is 4.70 Å². The van der Waals surface area contributed by atoms with Crippen molar-refractivity contribution in [2.45, 2.75) is 0 Å². The van der Waals surface area contributed by atoms with Crippen molar-refractivity contribution in [3.63, 3.8) is 0 Å². The van der Waals surface area contributed by atoms with Crippen molar-refractivity contribution in [3.05, 3.63) is 28.6 Å². The summed E-state index contributed by atoms with van der Waals surface area (Å²) < 4.78 is 1.18. The molecule has 2 N–H and O–H groups in total. The minimum atomic E-state index is 0.639. The normalized spacial score (nSPS) is 10.6. The molecule has 0 amide bonds. The van der Waals surface area contributed by atoms with Crippen LogP contribution in [-0.4, -0.2) is 0 Å². The molecular formula is C8H6ClNS. The first-order valence-corrected chi connectivity index (χ1v) is 4.45. The third-order valence-corrected chi connectivity index (χ3v) is 2.78. The van der Waals surface area contributed by atoms with Crippen LogP contribution in [0, 0.1) is 0 Å². The second-order valence-corrected chi connectivity index (χ2v) is 3.69. The summed E-state index contributed by atoms with van der Waals surface area (Å²) in [4.78, 5) is 0. The SMILES string of the molecule is Nc1cc2ccsc2cc1Cl. The lowest BCUT2D eigenvalue weighted by atomic mass is 10.2. The number of nitrogens with two attached hydrogens (primary N) is 1. The van der Waals surface area contributed by atoms with Crippen LogP contribution in [0.4, 0.5) is 5.69 Å². The molecule has 0 aliphatic carbocycles. The Labute approximate surface area is 73.4 Å². The van der Waals surface area contributed by atoms with E-state index in [9.17, 15) is 0 Å². The Bertz CT molecular complexity index is 358. The van der Waals surface area contributed by atoms with Crippen molar-refractivity contribution < 1.29 is 0 Å². The topological polar surface area (TPSA) is 26.0 Å². The molecule has 0 saturated heterocycles. The van der Waals surface area contributed by atoms with Crippen molar-refractivity contribution in [3.8, 4) is 0 Å². The lowest BCUT2D eigenvalue weighted by Gasteiger charge is -1.96. The van der Waals surface area contributed by atoms with Gasteiger partial charge in [0.05, 0.1) is 10.7 Å². The van der Waals surface area contributed by atoms with E-state index in [1.807, 2.05) is 23.6 Å². The van der Waals surface area contributed by atoms with Crippen LogP contribution in [0.15, 0.2) is 23.6 Å². The van der Waals surface area contributed by atoms with Crippen molar-refractivity contribution >= 4 is 38.7 Å². The molecule has 1 nitrogen and oxygen atoms in total. The van der Waals surface area contributed by atoms with E-state index >= 15 is 0 Å². The summed E-state index contributed by atoms with van der Waals surface area (Å²) in [7, 11) is 0. The molecule has 0 spiro atoms. The number of nitrogen functional groups attached to an aromatic ring is 1. The van der Waals surface area contributed by atoms with E-state index in [1.165, 1.54) is 4.70 Å². The zero-order valence-electron chi connectivity index (χ0n) is 5.67. The molecule has 0 aliphatic heterocycles. The zero-order chi connectivity index (χ0) is 7.84. The highest BCUT2D eigenvalue weighted by Crippen LogP contribution is 2.28. The van der Waals surface area contributed by atoms with E-state index in [0.29, 0.717) is 10.7 Å². The number of rotatable bonds is 0. The average molecular weight is 184 g/mol. The second kappa shape index (κ2) is 2.40. The highest BCUT2D eigenvalue weighted by Gasteiger charge is 1.99. The number of thiophene rings is 1. The maximum atomic E-state index is 5.83. The van der Waals surface area contributed by atoms with Gasteiger partial charge < -0.3 is 5.73 Å². The molecule has 0 aliphatic rings. The first-order valence-electron chi connectivity index (χ1n) is 3.19. The highest BCUT2D eigenvalue weighted by molar-refractivity contribution is 7.17. The van der Waals surface area contributed by atoms with E-state index in [0.717, 1.165) is 5.39 Å². The van der Waals surface area contributed by atoms with Gasteiger partial charge in [0.1, 0.15) is 0 Å². The second-order valence-electron chi connectivity index (χ2n) is 2.33. The van der Waals surface area contributed by atoms with Gasteiger partial charge in [-0.1, -0.05) is 11.6 Å². The molecule has 0 bridgehead atoms. The molecule has 11 heavy (non-hydrogen) atoms. The van der Waals surface area contributed by atoms with Crippen LogP contribution in [0.2, 0.25) is 5.02 Å². The number of benzene rings is 1. The Morgan fingerprint density at radius 2 is 2.18 bits per heavy atom. The molecule has 1 aromatic heterocycles. The fourth-order valence-electron chi connectivity index (χ4n) is 1.00. The molecule has 0 atom stereocenters. The van der Waals surface area contributed by atoms with Crippen LogP contribution in [0.1, 0.15) is 0 Å². The third-order valence-electron chi connectivity index (χ3n) is 1.57. The molecule has 1 heterocycles. The van der Waals surface area contributed by atoms with Crippen LogP contribution in [0.5, 0.6) is 0 Å². The van der Waals surface area contributed by atoms with Crippen molar-refractivity contribution in [2.24, 2.45) is 0 Å². The first-order chi connectivity index (χ1) is 5.27. The van der Waals surface area contributed by atoms with Crippen LogP contribution in [-0.2, 0) is 0 Å². The standard InChI is InChI=1S/C8H6ClNS/c9-6-4-8-5(1-2-11-8)3-7(6)10/h1-4H,10H2. The fourth-order valence-corrected chi connectivity index (χ4v) is 2.04. The smallest absolute Gasteiger partial charge is 0.0649 e. The number of halogens is 1. The first kappa shape index (κ1) is 6.95. The van der Waals surface area contributed by atoms with Crippen molar-refractivity contribution in [2.75, 3.05) is 5.73 Å². The predicted octanol–water partition coefficient (Wildman–Crippen LogP) is 3.14. The van der Waals surface area contributed by atoms with Crippen LogP contribution >= 0.6 is 22.9 Å². The largest absolute Gasteiger partial charge is 0.398 e. The summed E-state index contributed by atoms with van der Waals surface area (Å²) in [5, 5.41) is 3.83. The average Bonchev–Trinajstić information content (AvgIpc) is 2.36. The van der Waals surface area contributed by atoms with Crippen LogP contribution in [0.25, 0.3) is 10.1 Å². The Morgan fingerprint density at radius 3 is 3.00 bits per heavy atom. The molecule has 3 heteroatoms. The van der Waals surface area contributed by atoms with Gasteiger partial charge in [-0.05, 0) is 29.0 Å². The summed E-state index contributed by atoms with van der Waals surface area (Å²) >= 11 is 7.50. The van der Waals surface area contributed by atoms with Crippen molar-refractivity contribution in [1.82, 2.24) is 0 Å². The molecule has 2 rings (SSSR count). The Hall–Kier alpha value is -0.730. The molecular weight excluding hydrogens is 178 g/mol. The maximum Gasteiger partial charge on any atom is 0.0649 e. The lowest BCUT2D eigenvalue weighted by molar-refractivity contribution is 1.78. The molecule has 56 valence electrons. The maximum absolute atomic E-state index is 5.83. The van der Waals surface area contributed by atoms with E-state index in [4.69, 9.17) is 17.3 Å². The molecule has 0 radical (unpaired) electrons. The number of hydrogen-bond donors (Lipinski definition) is 1. The minimum absolute atomic E-state index is 0.639. The summed E-state index contributed by atoms with van der Waals surface area (Å²) in [6.45, 7) is 0. The van der Waals surface area contributed by atoms with E-state index in [1.54, 1.807) is 11.3 Å². The zero-order valence-corrected chi connectivity index (χ0v) is 7.25. The number of hydrogen-bond acceptors (Lipinski definition) is 2. The quantitative estimate of drug-likeness (QED) is 0.624. The molecule has 2 aromatic rings. The van der Waals surface area contributed by atoms with Gasteiger partial charge in [0.2, 0.25) is 0 Å². The Kier molecular flexibility index (Phi) is 1.51. The summed E-state index contributed by atoms with van der Waals surface area (Å²) in [6.07, 6.45) is 0. The number of anilines is 1. The molecule has 1 aromatic carbocycles. The van der Waals surface area contributed by atoms with Gasteiger partial charge in [0.15, 0.2) is 0 Å². The highest BCUT2D eigenvalue weighted by atomic mass is 35.5. The molecule has 0 fully saturated rings. The van der Waals surface area contributed by atoms with E-state index in [-0.39, 0.29) is 0 Å². The van der Waals surface area contributed by atoms with E-state index < -0.39 is 0 Å². The monoisotopic (exact) mass is 183 g/mol. The minimum Gasteiger partial charge on any atom is -0.398 e. The van der Waals surface area contributed by atoms with E-state index in [2.05, 4.69) is 0 Å². The van der Waals surface area contributed by atoms with Crippen molar-refractivity contribution in [1.29, 1.82) is 0 Å². The predicted molar refractivity (Wildman–Crippen MR) is 51.2 cm³/mol. The Morgan fingerprint density at radius 1 is 1.36 bits per heavy atom. The van der Waals surface area contributed by atoms with Gasteiger partial charge in [-0.15, -0.1) is 11.3 Å². The van der Waals surface area contributed by atoms with Crippen LogP contribution < -0.4 is 5.73 Å². The van der Waals surface area contributed by atoms with Crippen LogP contribution in [0.3, 0.4) is 0 Å². The number of fused-ring (bicyclic) bond motifs is 1. The van der Waals surface area contributed by atoms with Gasteiger partial charge in [-0.25, -0.2) is 0 Å². The fraction of sp³-hybridized carbons (Fsp3) is 0. The van der Waals surface area contributed by atoms with Gasteiger partial charge in [0.25, 0.3) is 0 Å². The third kappa shape index (κ3) is 1.08.